The maximum Gasteiger partial charge on any atom is 0.266 e. The Morgan fingerprint density at radius 1 is 1.29 bits per heavy atom. The van der Waals surface area contributed by atoms with Gasteiger partial charge in [0.05, 0.1) is 24.6 Å². The van der Waals surface area contributed by atoms with Crippen molar-refractivity contribution in [2.24, 2.45) is 0 Å². The molecule has 2 aromatic rings. The molecule has 21 heavy (non-hydrogen) atoms. The maximum atomic E-state index is 12.2. The largest absolute Gasteiger partial charge is 0.489 e. The SMILES string of the molecule is Nc1cc2c(cc1NC(=O)c1sccc1Br)OCCCO2. The molecule has 1 aliphatic heterocycles. The van der Waals surface area contributed by atoms with Crippen molar-refractivity contribution in [2.45, 2.75) is 6.42 Å². The van der Waals surface area contributed by atoms with Crippen LogP contribution in [0.15, 0.2) is 28.1 Å². The molecular formula is C14H13BrN2O3S. The second-order valence-electron chi connectivity index (χ2n) is 4.49. The number of carbonyl (C=O) groups is 1. The quantitative estimate of drug-likeness (QED) is 0.795. The van der Waals surface area contributed by atoms with Crippen molar-refractivity contribution in [2.75, 3.05) is 24.3 Å². The topological polar surface area (TPSA) is 73.6 Å². The fourth-order valence-corrected chi connectivity index (χ4v) is 3.41. The number of rotatable bonds is 2. The van der Waals surface area contributed by atoms with Gasteiger partial charge in [-0.25, -0.2) is 0 Å². The summed E-state index contributed by atoms with van der Waals surface area (Å²) in [6.45, 7) is 1.18. The Kier molecular flexibility index (Phi) is 4.03. The van der Waals surface area contributed by atoms with Crippen LogP contribution in [0.2, 0.25) is 0 Å². The summed E-state index contributed by atoms with van der Waals surface area (Å²) >= 11 is 4.70. The molecule has 0 fully saturated rings. The number of benzene rings is 1. The average molecular weight is 369 g/mol. The first-order chi connectivity index (χ1) is 10.1. The highest BCUT2D eigenvalue weighted by Crippen LogP contribution is 2.37. The first-order valence-corrected chi connectivity index (χ1v) is 8.06. The number of anilines is 2. The predicted octanol–water partition coefficient (Wildman–Crippen LogP) is 3.51. The van der Waals surface area contributed by atoms with Gasteiger partial charge in [-0.05, 0) is 27.4 Å². The predicted molar refractivity (Wildman–Crippen MR) is 86.4 cm³/mol. The molecule has 3 N–H and O–H groups in total. The number of hydrogen-bond donors (Lipinski definition) is 2. The summed E-state index contributed by atoms with van der Waals surface area (Å²) in [7, 11) is 0. The zero-order chi connectivity index (χ0) is 14.8. The van der Waals surface area contributed by atoms with Crippen molar-refractivity contribution in [3.63, 3.8) is 0 Å². The average Bonchev–Trinajstić information content (AvgIpc) is 2.75. The minimum Gasteiger partial charge on any atom is -0.489 e. The first-order valence-electron chi connectivity index (χ1n) is 6.38. The molecule has 3 rings (SSSR count). The van der Waals surface area contributed by atoms with Crippen LogP contribution in [0.5, 0.6) is 11.5 Å². The van der Waals surface area contributed by atoms with Crippen LogP contribution in [-0.2, 0) is 0 Å². The fourth-order valence-electron chi connectivity index (χ4n) is 1.97. The molecular weight excluding hydrogens is 356 g/mol. The van der Waals surface area contributed by atoms with Gasteiger partial charge in [0.2, 0.25) is 0 Å². The molecule has 1 aromatic carbocycles. The highest BCUT2D eigenvalue weighted by Gasteiger charge is 2.17. The van der Waals surface area contributed by atoms with E-state index >= 15 is 0 Å². The zero-order valence-electron chi connectivity index (χ0n) is 11.0. The Hall–Kier alpha value is -1.73. The molecule has 2 heterocycles. The normalized spacial score (nSPS) is 13.6. The van der Waals surface area contributed by atoms with Crippen molar-refractivity contribution in [3.05, 3.63) is 32.9 Å². The van der Waals surface area contributed by atoms with Gasteiger partial charge in [-0.2, -0.15) is 0 Å². The maximum absolute atomic E-state index is 12.2. The van der Waals surface area contributed by atoms with E-state index in [0.29, 0.717) is 41.0 Å². The van der Waals surface area contributed by atoms with Gasteiger partial charge >= 0.3 is 0 Å². The molecule has 0 bridgehead atoms. The Morgan fingerprint density at radius 3 is 2.67 bits per heavy atom. The van der Waals surface area contributed by atoms with Gasteiger partial charge in [0, 0.05) is 23.0 Å². The van der Waals surface area contributed by atoms with Crippen molar-refractivity contribution in [3.8, 4) is 11.5 Å². The summed E-state index contributed by atoms with van der Waals surface area (Å²) in [6, 6.07) is 5.21. The van der Waals surface area contributed by atoms with Gasteiger partial charge in [0.25, 0.3) is 5.91 Å². The third kappa shape index (κ3) is 2.98. The lowest BCUT2D eigenvalue weighted by Gasteiger charge is -2.13. The van der Waals surface area contributed by atoms with Gasteiger partial charge in [-0.1, -0.05) is 0 Å². The summed E-state index contributed by atoms with van der Waals surface area (Å²) in [5.41, 5.74) is 6.94. The van der Waals surface area contributed by atoms with E-state index < -0.39 is 0 Å². The highest BCUT2D eigenvalue weighted by atomic mass is 79.9. The van der Waals surface area contributed by atoms with Gasteiger partial charge in [-0.15, -0.1) is 11.3 Å². The second-order valence-corrected chi connectivity index (χ2v) is 6.26. The number of fused-ring (bicyclic) bond motifs is 1. The van der Waals surface area contributed by atoms with Gasteiger partial charge in [-0.3, -0.25) is 4.79 Å². The van der Waals surface area contributed by atoms with Crippen LogP contribution >= 0.6 is 27.3 Å². The summed E-state index contributed by atoms with van der Waals surface area (Å²) in [4.78, 5) is 12.8. The third-order valence-corrected chi connectivity index (χ3v) is 4.83. The minimum absolute atomic E-state index is 0.210. The van der Waals surface area contributed by atoms with Crippen LogP contribution in [0.25, 0.3) is 0 Å². The van der Waals surface area contributed by atoms with Crippen LogP contribution in [0, 0.1) is 0 Å². The summed E-state index contributed by atoms with van der Waals surface area (Å²) in [5, 5.41) is 4.65. The molecule has 5 nitrogen and oxygen atoms in total. The second kappa shape index (κ2) is 5.95. The van der Waals surface area contributed by atoms with E-state index in [9.17, 15) is 4.79 Å². The first kappa shape index (κ1) is 14.2. The molecule has 0 unspecified atom stereocenters. The summed E-state index contributed by atoms with van der Waals surface area (Å²) in [5.74, 6) is 1.00. The van der Waals surface area contributed by atoms with Gasteiger partial charge in [0.1, 0.15) is 4.88 Å². The number of nitrogens with two attached hydrogens (primary N) is 1. The number of carbonyl (C=O) groups excluding carboxylic acids is 1. The van der Waals surface area contributed by atoms with Crippen LogP contribution in [-0.4, -0.2) is 19.1 Å². The molecule has 0 atom stereocenters. The molecule has 0 aliphatic carbocycles. The molecule has 110 valence electrons. The van der Waals surface area contributed by atoms with E-state index in [4.69, 9.17) is 15.2 Å². The van der Waals surface area contributed by atoms with Gasteiger partial charge < -0.3 is 20.5 Å². The lowest BCUT2D eigenvalue weighted by atomic mass is 10.2. The number of thiophene rings is 1. The number of ether oxygens (including phenoxy) is 2. The number of nitrogen functional groups attached to an aromatic ring is 1. The van der Waals surface area contributed by atoms with E-state index in [-0.39, 0.29) is 5.91 Å². The Bertz CT molecular complexity index is 687. The molecule has 0 spiro atoms. The van der Waals surface area contributed by atoms with Crippen molar-refractivity contribution in [1.29, 1.82) is 0 Å². The van der Waals surface area contributed by atoms with E-state index in [2.05, 4.69) is 21.2 Å². The number of nitrogens with one attached hydrogen (secondary N) is 1. The van der Waals surface area contributed by atoms with Crippen LogP contribution in [0.4, 0.5) is 11.4 Å². The van der Waals surface area contributed by atoms with E-state index in [1.165, 1.54) is 11.3 Å². The smallest absolute Gasteiger partial charge is 0.266 e. The molecule has 0 radical (unpaired) electrons. The molecule has 0 saturated carbocycles. The zero-order valence-corrected chi connectivity index (χ0v) is 13.4. The Morgan fingerprint density at radius 2 is 2.00 bits per heavy atom. The number of halogens is 1. The Balaban J connectivity index is 1.87. The van der Waals surface area contributed by atoms with Crippen molar-refractivity contribution < 1.29 is 14.3 Å². The Labute approximate surface area is 134 Å². The van der Waals surface area contributed by atoms with Crippen molar-refractivity contribution >= 4 is 44.5 Å². The molecule has 1 amide bonds. The minimum atomic E-state index is -0.210. The van der Waals surface area contributed by atoms with E-state index in [1.54, 1.807) is 12.1 Å². The third-order valence-electron chi connectivity index (χ3n) is 2.99. The summed E-state index contributed by atoms with van der Waals surface area (Å²) in [6.07, 6.45) is 0.818. The van der Waals surface area contributed by atoms with Gasteiger partial charge in [0.15, 0.2) is 11.5 Å². The van der Waals surface area contributed by atoms with Crippen LogP contribution in [0.1, 0.15) is 16.1 Å². The number of hydrogen-bond acceptors (Lipinski definition) is 5. The molecule has 0 saturated heterocycles. The van der Waals surface area contributed by atoms with Crippen LogP contribution in [0.3, 0.4) is 0 Å². The van der Waals surface area contributed by atoms with Crippen molar-refractivity contribution in [1.82, 2.24) is 0 Å². The highest BCUT2D eigenvalue weighted by molar-refractivity contribution is 9.10. The molecule has 1 aliphatic rings. The fraction of sp³-hybridized carbons (Fsp3) is 0.214. The summed E-state index contributed by atoms with van der Waals surface area (Å²) < 4.78 is 11.9. The van der Waals surface area contributed by atoms with E-state index in [0.717, 1.165) is 10.9 Å². The number of amides is 1. The monoisotopic (exact) mass is 368 g/mol. The van der Waals surface area contributed by atoms with E-state index in [1.807, 2.05) is 11.4 Å². The standard InChI is InChI=1S/C14H13BrN2O3S/c15-8-2-5-21-13(8)14(18)17-10-7-12-11(6-9(10)16)19-3-1-4-20-12/h2,5-7H,1,3-4,16H2,(H,17,18). The molecule has 1 aromatic heterocycles. The van der Waals surface area contributed by atoms with Crippen LogP contribution < -0.4 is 20.5 Å². The lowest BCUT2D eigenvalue weighted by Crippen LogP contribution is -2.12. The molecule has 7 heteroatoms. The lowest BCUT2D eigenvalue weighted by molar-refractivity contribution is 0.103.